The SMILES string of the molecule is CCOc1cc(/C=C2/SC(=O)N(Cc3ccccc3C#N)C2=O)cc(Cl)c1OCc1cccc(C(=O)O)c1. The summed E-state index contributed by atoms with van der Waals surface area (Å²) in [6, 6.07) is 18.5. The van der Waals surface area contributed by atoms with E-state index in [1.165, 1.54) is 12.1 Å². The Hall–Kier alpha value is -4.26. The number of halogens is 1. The summed E-state index contributed by atoms with van der Waals surface area (Å²) in [6.45, 7) is 2.17. The third-order valence-electron chi connectivity index (χ3n) is 5.53. The molecule has 1 heterocycles. The Balaban J connectivity index is 1.56. The van der Waals surface area contributed by atoms with Gasteiger partial charge in [-0.15, -0.1) is 0 Å². The van der Waals surface area contributed by atoms with Crippen LogP contribution in [0.2, 0.25) is 5.02 Å². The van der Waals surface area contributed by atoms with Gasteiger partial charge in [-0.05, 0) is 71.8 Å². The Kier molecular flexibility index (Phi) is 8.36. The number of thioether (sulfide) groups is 1. The molecule has 4 rings (SSSR count). The third-order valence-corrected chi connectivity index (χ3v) is 6.71. The number of benzene rings is 3. The van der Waals surface area contributed by atoms with Crippen LogP contribution in [0.25, 0.3) is 6.08 Å². The Morgan fingerprint density at radius 1 is 1.13 bits per heavy atom. The normalized spacial score (nSPS) is 14.0. The molecule has 10 heteroatoms. The van der Waals surface area contributed by atoms with E-state index in [-0.39, 0.29) is 34.4 Å². The first kappa shape index (κ1) is 26.8. The highest BCUT2D eigenvalue weighted by molar-refractivity contribution is 8.18. The number of hydrogen-bond acceptors (Lipinski definition) is 7. The minimum atomic E-state index is -1.04. The maximum atomic E-state index is 13.0. The molecule has 0 unspecified atom stereocenters. The molecule has 1 N–H and O–H groups in total. The van der Waals surface area contributed by atoms with Crippen molar-refractivity contribution in [1.29, 1.82) is 5.26 Å². The smallest absolute Gasteiger partial charge is 0.335 e. The van der Waals surface area contributed by atoms with Crippen molar-refractivity contribution >= 4 is 46.6 Å². The highest BCUT2D eigenvalue weighted by atomic mass is 35.5. The molecule has 1 saturated heterocycles. The summed E-state index contributed by atoms with van der Waals surface area (Å²) in [7, 11) is 0. The van der Waals surface area contributed by atoms with Crippen molar-refractivity contribution in [3.63, 3.8) is 0 Å². The number of amides is 2. The number of imide groups is 1. The lowest BCUT2D eigenvalue weighted by atomic mass is 10.1. The van der Waals surface area contributed by atoms with Crippen LogP contribution in [0.15, 0.2) is 65.6 Å². The number of rotatable bonds is 9. The van der Waals surface area contributed by atoms with Crippen molar-refractivity contribution in [2.75, 3.05) is 6.61 Å². The molecular formula is C28H21ClN2O6S. The molecule has 1 aliphatic heterocycles. The highest BCUT2D eigenvalue weighted by Gasteiger charge is 2.35. The van der Waals surface area contributed by atoms with Gasteiger partial charge in [0.15, 0.2) is 11.5 Å². The van der Waals surface area contributed by atoms with Gasteiger partial charge in [0, 0.05) is 0 Å². The number of ether oxygens (including phenoxy) is 2. The molecule has 192 valence electrons. The van der Waals surface area contributed by atoms with E-state index in [0.717, 1.165) is 16.7 Å². The van der Waals surface area contributed by atoms with Crippen LogP contribution < -0.4 is 9.47 Å². The van der Waals surface area contributed by atoms with E-state index < -0.39 is 17.1 Å². The number of carbonyl (C=O) groups is 3. The summed E-state index contributed by atoms with van der Waals surface area (Å²) in [5.74, 6) is -0.904. The maximum absolute atomic E-state index is 13.0. The van der Waals surface area contributed by atoms with Crippen LogP contribution in [0.4, 0.5) is 4.79 Å². The minimum Gasteiger partial charge on any atom is -0.490 e. The number of nitrogens with zero attached hydrogens (tertiary/aromatic N) is 2. The van der Waals surface area contributed by atoms with Gasteiger partial charge >= 0.3 is 5.97 Å². The molecule has 0 radical (unpaired) electrons. The average molecular weight is 549 g/mol. The topological polar surface area (TPSA) is 117 Å². The second-order valence-electron chi connectivity index (χ2n) is 8.09. The van der Waals surface area contributed by atoms with Gasteiger partial charge in [-0.25, -0.2) is 4.79 Å². The summed E-state index contributed by atoms with van der Waals surface area (Å²) < 4.78 is 11.6. The number of hydrogen-bond donors (Lipinski definition) is 1. The van der Waals surface area contributed by atoms with Gasteiger partial charge in [0.05, 0.1) is 40.3 Å². The molecule has 8 nitrogen and oxygen atoms in total. The molecule has 2 amide bonds. The fourth-order valence-corrected chi connectivity index (χ4v) is 4.86. The molecule has 1 fully saturated rings. The quantitative estimate of drug-likeness (QED) is 0.318. The van der Waals surface area contributed by atoms with Crippen LogP contribution in [-0.4, -0.2) is 33.7 Å². The van der Waals surface area contributed by atoms with Gasteiger partial charge in [0.2, 0.25) is 0 Å². The lowest BCUT2D eigenvalue weighted by molar-refractivity contribution is -0.123. The van der Waals surface area contributed by atoms with Gasteiger partial charge < -0.3 is 14.6 Å². The van der Waals surface area contributed by atoms with Crippen molar-refractivity contribution in [3.8, 4) is 17.6 Å². The maximum Gasteiger partial charge on any atom is 0.335 e. The fraction of sp³-hybridized carbons (Fsp3) is 0.143. The molecule has 0 saturated carbocycles. The van der Waals surface area contributed by atoms with Crippen molar-refractivity contribution in [2.24, 2.45) is 0 Å². The zero-order chi connectivity index (χ0) is 27.2. The highest BCUT2D eigenvalue weighted by Crippen LogP contribution is 2.40. The van der Waals surface area contributed by atoms with Crippen LogP contribution in [0.3, 0.4) is 0 Å². The van der Waals surface area contributed by atoms with Gasteiger partial charge in [-0.2, -0.15) is 5.26 Å². The molecule has 3 aromatic carbocycles. The second-order valence-corrected chi connectivity index (χ2v) is 9.49. The molecule has 0 bridgehead atoms. The monoisotopic (exact) mass is 548 g/mol. The zero-order valence-electron chi connectivity index (χ0n) is 20.1. The number of carboxylic acid groups (broad SMARTS) is 1. The summed E-state index contributed by atoms with van der Waals surface area (Å²) >= 11 is 7.31. The standard InChI is InChI=1S/C28H21ClN2O6S/c1-2-36-23-12-18(11-22(29)25(23)37-16-17-6-5-9-19(10-17)27(33)34)13-24-26(32)31(28(35)38-24)15-21-8-4-3-7-20(21)14-30/h3-13H,2,15-16H2,1H3,(H,33,34)/b24-13+. The van der Waals surface area contributed by atoms with Crippen LogP contribution in [0.1, 0.15) is 39.5 Å². The molecule has 0 atom stereocenters. The largest absolute Gasteiger partial charge is 0.490 e. The van der Waals surface area contributed by atoms with Gasteiger partial charge in [-0.3, -0.25) is 14.5 Å². The molecule has 0 spiro atoms. The van der Waals surface area contributed by atoms with E-state index in [1.54, 1.807) is 61.5 Å². The summed E-state index contributed by atoms with van der Waals surface area (Å²) in [5, 5.41) is 18.3. The minimum absolute atomic E-state index is 0.00739. The second kappa shape index (κ2) is 11.9. The fourth-order valence-electron chi connectivity index (χ4n) is 3.75. The number of carbonyl (C=O) groups excluding carboxylic acids is 2. The van der Waals surface area contributed by atoms with Crippen molar-refractivity contribution in [1.82, 2.24) is 4.90 Å². The summed E-state index contributed by atoms with van der Waals surface area (Å²) in [5.41, 5.74) is 2.29. The first-order valence-corrected chi connectivity index (χ1v) is 12.6. The number of aromatic carboxylic acids is 1. The first-order valence-electron chi connectivity index (χ1n) is 11.5. The van der Waals surface area contributed by atoms with Crippen LogP contribution in [0, 0.1) is 11.3 Å². The van der Waals surface area contributed by atoms with Gasteiger partial charge in [0.1, 0.15) is 6.61 Å². The Morgan fingerprint density at radius 3 is 2.66 bits per heavy atom. The Bertz CT molecular complexity index is 1500. The van der Waals surface area contributed by atoms with Crippen LogP contribution >= 0.6 is 23.4 Å². The van der Waals surface area contributed by atoms with E-state index in [1.807, 2.05) is 0 Å². The first-order chi connectivity index (χ1) is 18.3. The van der Waals surface area contributed by atoms with E-state index in [9.17, 15) is 24.8 Å². The Morgan fingerprint density at radius 2 is 1.92 bits per heavy atom. The molecular weight excluding hydrogens is 528 g/mol. The van der Waals surface area contributed by atoms with E-state index in [2.05, 4.69) is 6.07 Å². The van der Waals surface area contributed by atoms with Gasteiger partial charge in [-0.1, -0.05) is 41.9 Å². The molecule has 38 heavy (non-hydrogen) atoms. The third kappa shape index (κ3) is 5.99. The number of carboxylic acids is 1. The lowest BCUT2D eigenvalue weighted by Crippen LogP contribution is -2.27. The predicted molar refractivity (Wildman–Crippen MR) is 143 cm³/mol. The van der Waals surface area contributed by atoms with Gasteiger partial charge in [0.25, 0.3) is 11.1 Å². The van der Waals surface area contributed by atoms with Crippen molar-refractivity contribution in [3.05, 3.63) is 98.4 Å². The van der Waals surface area contributed by atoms with E-state index in [4.69, 9.17) is 21.1 Å². The van der Waals surface area contributed by atoms with E-state index >= 15 is 0 Å². The van der Waals surface area contributed by atoms with Crippen LogP contribution in [0.5, 0.6) is 11.5 Å². The molecule has 1 aliphatic rings. The molecule has 0 aliphatic carbocycles. The summed E-state index contributed by atoms with van der Waals surface area (Å²) in [6.07, 6.45) is 1.55. The molecule has 3 aromatic rings. The lowest BCUT2D eigenvalue weighted by Gasteiger charge is -2.15. The zero-order valence-corrected chi connectivity index (χ0v) is 21.7. The molecule has 0 aromatic heterocycles. The Labute approximate surface area is 228 Å². The van der Waals surface area contributed by atoms with Crippen molar-refractivity contribution < 1.29 is 29.0 Å². The summed E-state index contributed by atoms with van der Waals surface area (Å²) in [4.78, 5) is 38.2. The van der Waals surface area contributed by atoms with Crippen molar-refractivity contribution in [2.45, 2.75) is 20.1 Å². The number of nitriles is 1. The average Bonchev–Trinajstić information content (AvgIpc) is 3.16. The van der Waals surface area contributed by atoms with E-state index in [0.29, 0.717) is 34.6 Å². The predicted octanol–water partition coefficient (Wildman–Crippen LogP) is 6.12. The van der Waals surface area contributed by atoms with Crippen LogP contribution in [-0.2, 0) is 17.9 Å².